The van der Waals surface area contributed by atoms with Crippen LogP contribution in [-0.2, 0) is 0 Å². The lowest BCUT2D eigenvalue weighted by molar-refractivity contribution is 0.669. The van der Waals surface area contributed by atoms with Crippen molar-refractivity contribution in [3.8, 4) is 51.0 Å². The van der Waals surface area contributed by atoms with E-state index in [1.165, 1.54) is 54.5 Å². The Balaban J connectivity index is 1.14. The molecule has 10 aromatic rings. The molecule has 0 fully saturated rings. The minimum absolute atomic E-state index is 0.641. The van der Waals surface area contributed by atoms with E-state index in [2.05, 4.69) is 89.5 Å². The van der Waals surface area contributed by atoms with Gasteiger partial charge < -0.3 is 8.98 Å². The topological polar surface area (TPSA) is 56.7 Å². The highest BCUT2D eigenvalue weighted by Crippen LogP contribution is 2.50. The summed E-state index contributed by atoms with van der Waals surface area (Å²) in [7, 11) is 0. The summed E-state index contributed by atoms with van der Waals surface area (Å²) in [6, 6.07) is 50.7. The third-order valence-electron chi connectivity index (χ3n) is 9.77. The monoisotopic (exact) mass is 612 g/mol. The molecule has 0 radical (unpaired) electrons. The second kappa shape index (κ2) is 9.47. The molecule has 0 spiro atoms. The van der Waals surface area contributed by atoms with Gasteiger partial charge in [0, 0.05) is 49.3 Å². The molecule has 0 unspecified atom stereocenters. The van der Waals surface area contributed by atoms with Crippen molar-refractivity contribution in [2.45, 2.75) is 0 Å². The first-order valence-electron chi connectivity index (χ1n) is 16.1. The van der Waals surface area contributed by atoms with Gasteiger partial charge in [0.1, 0.15) is 11.2 Å². The summed E-state index contributed by atoms with van der Waals surface area (Å²) < 4.78 is 8.80. The molecule has 0 N–H and O–H groups in total. The molecule has 3 heterocycles. The van der Waals surface area contributed by atoms with E-state index < -0.39 is 0 Å². The number of hydrogen-bond acceptors (Lipinski definition) is 4. The second-order valence-corrected chi connectivity index (χ2v) is 12.4. The molecule has 3 aromatic heterocycles. The first-order valence-corrected chi connectivity index (χ1v) is 16.1. The number of benzene rings is 7. The maximum absolute atomic E-state index is 6.41. The average Bonchev–Trinajstić information content (AvgIpc) is 3.67. The van der Waals surface area contributed by atoms with Gasteiger partial charge in [-0.15, -0.1) is 0 Å². The Morgan fingerprint density at radius 1 is 0.375 bits per heavy atom. The molecule has 5 heteroatoms. The number of hydrogen-bond donors (Lipinski definition) is 0. The van der Waals surface area contributed by atoms with Gasteiger partial charge in [-0.1, -0.05) is 97.1 Å². The Hall–Kier alpha value is -6.59. The number of rotatable bonds is 4. The van der Waals surface area contributed by atoms with E-state index >= 15 is 0 Å². The smallest absolute Gasteiger partial charge is 0.164 e. The maximum Gasteiger partial charge on any atom is 0.164 e. The Labute approximate surface area is 274 Å². The van der Waals surface area contributed by atoms with Crippen molar-refractivity contribution in [1.82, 2.24) is 19.5 Å². The summed E-state index contributed by atoms with van der Waals surface area (Å²) in [5.41, 5.74) is 10.6. The summed E-state index contributed by atoms with van der Waals surface area (Å²) in [6.07, 6.45) is 0. The molecule has 0 atom stereocenters. The van der Waals surface area contributed by atoms with Gasteiger partial charge in [0.2, 0.25) is 0 Å². The van der Waals surface area contributed by atoms with Gasteiger partial charge in [-0.25, -0.2) is 15.0 Å². The van der Waals surface area contributed by atoms with E-state index in [-0.39, 0.29) is 0 Å². The van der Waals surface area contributed by atoms with E-state index in [0.29, 0.717) is 17.5 Å². The molecule has 0 aliphatic heterocycles. The van der Waals surface area contributed by atoms with E-state index in [9.17, 15) is 0 Å². The van der Waals surface area contributed by atoms with Gasteiger partial charge in [0.15, 0.2) is 17.5 Å². The summed E-state index contributed by atoms with van der Waals surface area (Å²) in [5, 5.41) is 7.42. The minimum Gasteiger partial charge on any atom is -0.456 e. The molecular weight excluding hydrogens is 589 g/mol. The molecule has 0 saturated heterocycles. The van der Waals surface area contributed by atoms with Crippen LogP contribution in [0.15, 0.2) is 150 Å². The number of nitrogens with zero attached hydrogens (tertiary/aromatic N) is 4. The zero-order valence-electron chi connectivity index (χ0n) is 25.6. The van der Waals surface area contributed by atoms with E-state index in [1.807, 2.05) is 60.7 Å². The number of fused-ring (bicyclic) bond motifs is 1. The summed E-state index contributed by atoms with van der Waals surface area (Å²) in [4.78, 5) is 14.8. The summed E-state index contributed by atoms with van der Waals surface area (Å²) >= 11 is 0. The Morgan fingerprint density at radius 3 is 1.62 bits per heavy atom. The van der Waals surface area contributed by atoms with E-state index in [1.54, 1.807) is 0 Å². The standard InChI is InChI=1S/C43H24N4O/c1-3-9-26(10-4-1)41-44-42(27-11-5-2-6-12-27)46-43(45-41)28-17-21-29(22-18-28)47-32-15-7-13-30-31-14-8-16-34-38(31)40-35(48-34)24-20-25-19-23-33(47)39(36(25)40)37(30)32/h1-24H. The van der Waals surface area contributed by atoms with Crippen LogP contribution in [0.1, 0.15) is 0 Å². The lowest BCUT2D eigenvalue weighted by atomic mass is 9.98. The minimum atomic E-state index is 0.641. The normalized spacial score (nSPS) is 12.2. The number of aromatic nitrogens is 4. The van der Waals surface area contributed by atoms with Crippen LogP contribution in [-0.4, -0.2) is 19.5 Å². The molecule has 0 amide bonds. The lowest BCUT2D eigenvalue weighted by Crippen LogP contribution is -2.00. The average molecular weight is 613 g/mol. The van der Waals surface area contributed by atoms with Crippen molar-refractivity contribution in [1.29, 1.82) is 0 Å². The molecule has 222 valence electrons. The summed E-state index contributed by atoms with van der Waals surface area (Å²) in [6.45, 7) is 0. The SMILES string of the molecule is c1ccc(-c2nc(-c3ccccc3)nc(-c3ccc(-n4c5cccc6c5c5c7c(ccc8oc9cccc-6c9c87)ccc54)cc3)n2)cc1. The van der Waals surface area contributed by atoms with Crippen LogP contribution in [0.25, 0.3) is 105 Å². The Bertz CT molecular complexity index is 2860. The molecular formula is C43H24N4O. The Kier molecular flexibility index (Phi) is 5.05. The van der Waals surface area contributed by atoms with Crippen molar-refractivity contribution in [3.05, 3.63) is 146 Å². The summed E-state index contributed by atoms with van der Waals surface area (Å²) in [5.74, 6) is 1.95. The Morgan fingerprint density at radius 2 is 0.938 bits per heavy atom. The van der Waals surface area contributed by atoms with Crippen LogP contribution in [0, 0.1) is 0 Å². The molecule has 5 nitrogen and oxygen atoms in total. The maximum atomic E-state index is 6.41. The number of furan rings is 1. The highest BCUT2D eigenvalue weighted by atomic mass is 16.3. The molecule has 7 aromatic carbocycles. The van der Waals surface area contributed by atoms with Crippen molar-refractivity contribution in [3.63, 3.8) is 0 Å². The van der Waals surface area contributed by atoms with Crippen molar-refractivity contribution in [2.75, 3.05) is 0 Å². The van der Waals surface area contributed by atoms with Gasteiger partial charge in [0.05, 0.1) is 11.0 Å². The largest absolute Gasteiger partial charge is 0.456 e. The molecule has 0 bridgehead atoms. The third-order valence-corrected chi connectivity index (χ3v) is 9.77. The van der Waals surface area contributed by atoms with Crippen LogP contribution >= 0.6 is 0 Å². The van der Waals surface area contributed by atoms with Gasteiger partial charge in [0.25, 0.3) is 0 Å². The molecule has 0 saturated carbocycles. The van der Waals surface area contributed by atoms with Gasteiger partial charge in [-0.2, -0.15) is 0 Å². The second-order valence-electron chi connectivity index (χ2n) is 12.4. The van der Waals surface area contributed by atoms with Crippen LogP contribution in [0.4, 0.5) is 0 Å². The first kappa shape index (κ1) is 25.6. The van der Waals surface area contributed by atoms with Crippen molar-refractivity contribution >= 4 is 54.5 Å². The van der Waals surface area contributed by atoms with Gasteiger partial charge in [-0.3, -0.25) is 0 Å². The van der Waals surface area contributed by atoms with Crippen LogP contribution < -0.4 is 0 Å². The zero-order chi connectivity index (χ0) is 31.3. The lowest BCUT2D eigenvalue weighted by Gasteiger charge is -2.12. The van der Waals surface area contributed by atoms with Crippen LogP contribution in [0.5, 0.6) is 0 Å². The molecule has 11 rings (SSSR count). The van der Waals surface area contributed by atoms with Crippen molar-refractivity contribution < 1.29 is 4.42 Å². The van der Waals surface area contributed by atoms with Gasteiger partial charge >= 0.3 is 0 Å². The third kappa shape index (κ3) is 3.47. The van der Waals surface area contributed by atoms with E-state index in [4.69, 9.17) is 19.4 Å². The van der Waals surface area contributed by atoms with Crippen LogP contribution in [0.2, 0.25) is 0 Å². The first-order chi connectivity index (χ1) is 23.8. The fourth-order valence-electron chi connectivity index (χ4n) is 7.70. The molecule has 48 heavy (non-hydrogen) atoms. The highest BCUT2D eigenvalue weighted by Gasteiger charge is 2.26. The predicted molar refractivity (Wildman–Crippen MR) is 194 cm³/mol. The quantitative estimate of drug-likeness (QED) is 0.198. The zero-order valence-corrected chi connectivity index (χ0v) is 25.6. The van der Waals surface area contributed by atoms with Crippen LogP contribution in [0.3, 0.4) is 0 Å². The fourth-order valence-corrected chi connectivity index (χ4v) is 7.70. The van der Waals surface area contributed by atoms with Gasteiger partial charge in [-0.05, 0) is 65.0 Å². The molecule has 1 aliphatic rings. The van der Waals surface area contributed by atoms with E-state index in [0.717, 1.165) is 33.5 Å². The molecule has 1 aliphatic carbocycles. The fraction of sp³-hybridized carbons (Fsp3) is 0. The highest BCUT2D eigenvalue weighted by molar-refractivity contribution is 6.37. The van der Waals surface area contributed by atoms with Crippen molar-refractivity contribution in [2.24, 2.45) is 0 Å². The predicted octanol–water partition coefficient (Wildman–Crippen LogP) is 11.0.